The van der Waals surface area contributed by atoms with Crippen molar-refractivity contribution in [3.8, 4) is 0 Å². The lowest BCUT2D eigenvalue weighted by molar-refractivity contribution is -0.141. The summed E-state index contributed by atoms with van der Waals surface area (Å²) in [6.07, 6.45) is 0.892. The molecule has 1 aromatic carbocycles. The molecule has 1 fully saturated rings. The lowest BCUT2D eigenvalue weighted by Gasteiger charge is -2.33. The number of carbonyl (C=O) groups excluding carboxylic acids is 2. The summed E-state index contributed by atoms with van der Waals surface area (Å²) in [5.74, 6) is -0.0915. The van der Waals surface area contributed by atoms with E-state index in [0.717, 1.165) is 50.1 Å². The Hall–Kier alpha value is -3.25. The molecule has 0 radical (unpaired) electrons. The molecule has 1 saturated heterocycles. The van der Waals surface area contributed by atoms with Crippen molar-refractivity contribution in [3.63, 3.8) is 0 Å². The second-order valence-electron chi connectivity index (χ2n) is 12.5. The van der Waals surface area contributed by atoms with Gasteiger partial charge in [0.05, 0.1) is 10.7 Å². The van der Waals surface area contributed by atoms with E-state index in [-0.39, 0.29) is 11.8 Å². The van der Waals surface area contributed by atoms with Crippen molar-refractivity contribution in [1.82, 2.24) is 24.6 Å². The van der Waals surface area contributed by atoms with Crippen LogP contribution in [0.25, 0.3) is 0 Å². The molecule has 5 rings (SSSR count). The maximum Gasteiger partial charge on any atom is 0.435 e. The van der Waals surface area contributed by atoms with Gasteiger partial charge in [0, 0.05) is 49.6 Å². The summed E-state index contributed by atoms with van der Waals surface area (Å²) in [7, 11) is 2.23. The normalized spacial score (nSPS) is 17.6. The zero-order chi connectivity index (χ0) is 32.2. The number of piperidine rings is 1. The second-order valence-corrected chi connectivity index (χ2v) is 13.4. The Balaban J connectivity index is 0.000000285. The molecule has 0 unspecified atom stereocenters. The molecule has 0 spiro atoms. The van der Waals surface area contributed by atoms with Crippen LogP contribution in [0.2, 0.25) is 0 Å². The Morgan fingerprint density at radius 2 is 1.80 bits per heavy atom. The topological polar surface area (TPSA) is 80.6 Å². The molecule has 2 aromatic heterocycles. The van der Waals surface area contributed by atoms with Gasteiger partial charge in [0.25, 0.3) is 0 Å². The number of hydrogen-bond acceptors (Lipinski definition) is 7. The monoisotopic (exact) mass is 633 g/mol. The van der Waals surface area contributed by atoms with E-state index >= 15 is 0 Å². The fourth-order valence-corrected chi connectivity index (χ4v) is 6.68. The van der Waals surface area contributed by atoms with Crippen LogP contribution in [0.5, 0.6) is 0 Å². The highest BCUT2D eigenvalue weighted by Crippen LogP contribution is 2.35. The molecule has 0 N–H and O–H groups in total. The number of halogens is 3. The summed E-state index contributed by atoms with van der Waals surface area (Å²) in [4.78, 5) is 32.3. The van der Waals surface area contributed by atoms with E-state index in [9.17, 15) is 22.8 Å². The van der Waals surface area contributed by atoms with Gasteiger partial charge in [-0.2, -0.15) is 18.3 Å². The van der Waals surface area contributed by atoms with Gasteiger partial charge in [-0.1, -0.05) is 24.3 Å². The summed E-state index contributed by atoms with van der Waals surface area (Å²) >= 11 is 1.78. The molecule has 0 bridgehead atoms. The van der Waals surface area contributed by atoms with E-state index in [2.05, 4.69) is 46.7 Å². The smallest absolute Gasteiger partial charge is 0.435 e. The summed E-state index contributed by atoms with van der Waals surface area (Å²) in [6.45, 7) is 10.7. The number of amides is 1. The molecule has 1 amide bonds. The molecule has 12 heteroatoms. The SMILES string of the molecule is CC(=O)n1nc(C(F)(F)F)cc1C.CN(Cc1csc(C2CCN(C(=O)OC(C)(C)C)CC2)n1)[C@@H]1CCCc2ccccc21. The summed E-state index contributed by atoms with van der Waals surface area (Å²) < 4.78 is 42.4. The van der Waals surface area contributed by atoms with E-state index in [1.807, 2.05) is 25.7 Å². The first-order valence-corrected chi connectivity index (χ1v) is 15.9. The van der Waals surface area contributed by atoms with Crippen molar-refractivity contribution < 1.29 is 27.5 Å². The van der Waals surface area contributed by atoms with Crippen LogP contribution in [0.15, 0.2) is 35.7 Å². The average Bonchev–Trinajstić information content (AvgIpc) is 3.59. The van der Waals surface area contributed by atoms with Crippen LogP contribution in [0.4, 0.5) is 18.0 Å². The number of aromatic nitrogens is 3. The number of ether oxygens (including phenoxy) is 1. The average molecular weight is 634 g/mol. The maximum absolute atomic E-state index is 12.3. The van der Waals surface area contributed by atoms with Gasteiger partial charge in [-0.05, 0) is 84.0 Å². The number of fused-ring (bicyclic) bond motifs is 1. The van der Waals surface area contributed by atoms with Crippen molar-refractivity contribution in [2.45, 2.75) is 97.0 Å². The molecular weight excluding hydrogens is 591 g/mol. The molecule has 2 aliphatic rings. The Morgan fingerprint density at radius 3 is 2.39 bits per heavy atom. The summed E-state index contributed by atoms with van der Waals surface area (Å²) in [6, 6.07) is 10.2. The molecule has 8 nitrogen and oxygen atoms in total. The van der Waals surface area contributed by atoms with Gasteiger partial charge in [0.15, 0.2) is 5.69 Å². The zero-order valence-corrected chi connectivity index (χ0v) is 27.1. The van der Waals surface area contributed by atoms with Crippen molar-refractivity contribution in [2.75, 3.05) is 20.1 Å². The van der Waals surface area contributed by atoms with Crippen LogP contribution in [-0.4, -0.2) is 62.3 Å². The first-order valence-electron chi connectivity index (χ1n) is 15.0. The lowest BCUT2D eigenvalue weighted by Crippen LogP contribution is -2.41. The summed E-state index contributed by atoms with van der Waals surface area (Å²) in [5, 5.41) is 6.56. The van der Waals surface area contributed by atoms with Crippen molar-refractivity contribution in [1.29, 1.82) is 0 Å². The Labute approximate surface area is 261 Å². The summed E-state index contributed by atoms with van der Waals surface area (Å²) in [5.41, 5.74) is 2.85. The third-order valence-electron chi connectivity index (χ3n) is 7.82. The minimum atomic E-state index is -4.49. The predicted molar refractivity (Wildman–Crippen MR) is 164 cm³/mol. The first-order chi connectivity index (χ1) is 20.6. The Morgan fingerprint density at radius 1 is 1.11 bits per heavy atom. The quantitative estimate of drug-likeness (QED) is 0.294. The zero-order valence-electron chi connectivity index (χ0n) is 26.3. The first kappa shape index (κ1) is 33.6. The Kier molecular flexibility index (Phi) is 10.6. The minimum Gasteiger partial charge on any atom is -0.444 e. The number of benzene rings is 1. The molecular formula is C32H42F3N5O3S. The van der Waals surface area contributed by atoms with Crippen molar-refractivity contribution in [3.05, 3.63) is 68.9 Å². The van der Waals surface area contributed by atoms with Gasteiger partial charge in [0.2, 0.25) is 5.91 Å². The van der Waals surface area contributed by atoms with Gasteiger partial charge < -0.3 is 9.64 Å². The van der Waals surface area contributed by atoms with Crippen LogP contribution in [0.3, 0.4) is 0 Å². The number of rotatable bonds is 4. The predicted octanol–water partition coefficient (Wildman–Crippen LogP) is 7.64. The molecule has 1 aliphatic carbocycles. The van der Waals surface area contributed by atoms with Crippen LogP contribution < -0.4 is 0 Å². The molecule has 1 atom stereocenters. The van der Waals surface area contributed by atoms with E-state index in [4.69, 9.17) is 9.72 Å². The highest BCUT2D eigenvalue weighted by atomic mass is 32.1. The van der Waals surface area contributed by atoms with Crippen LogP contribution in [-0.2, 0) is 23.9 Å². The fraction of sp³-hybridized carbons (Fsp3) is 0.562. The number of thiazole rings is 1. The third-order valence-corrected chi connectivity index (χ3v) is 8.88. The van der Waals surface area contributed by atoms with E-state index < -0.39 is 23.4 Å². The highest BCUT2D eigenvalue weighted by Gasteiger charge is 2.35. The fourth-order valence-electron chi connectivity index (χ4n) is 5.70. The van der Waals surface area contributed by atoms with Crippen molar-refractivity contribution >= 4 is 23.3 Å². The maximum atomic E-state index is 12.3. The third kappa shape index (κ3) is 8.68. The second kappa shape index (κ2) is 13.8. The number of likely N-dealkylation sites (tertiary alicyclic amines) is 1. The molecule has 1 aliphatic heterocycles. The number of aryl methyl sites for hydroxylation is 2. The molecule has 240 valence electrons. The van der Waals surface area contributed by atoms with Gasteiger partial charge in [-0.25, -0.2) is 14.5 Å². The van der Waals surface area contributed by atoms with Gasteiger partial charge in [-0.15, -0.1) is 11.3 Å². The highest BCUT2D eigenvalue weighted by molar-refractivity contribution is 7.09. The van der Waals surface area contributed by atoms with Gasteiger partial charge in [0.1, 0.15) is 5.60 Å². The van der Waals surface area contributed by atoms with E-state index in [0.29, 0.717) is 12.0 Å². The van der Waals surface area contributed by atoms with Crippen molar-refractivity contribution in [2.24, 2.45) is 0 Å². The molecule has 44 heavy (non-hydrogen) atoms. The Bertz CT molecular complexity index is 1440. The number of nitrogens with zero attached hydrogens (tertiary/aromatic N) is 5. The van der Waals surface area contributed by atoms with Crippen LogP contribution in [0.1, 0.15) is 103 Å². The van der Waals surface area contributed by atoms with Gasteiger partial charge in [-0.3, -0.25) is 9.69 Å². The lowest BCUT2D eigenvalue weighted by atomic mass is 9.87. The molecule has 3 aromatic rings. The van der Waals surface area contributed by atoms with E-state index in [1.165, 1.54) is 48.0 Å². The largest absolute Gasteiger partial charge is 0.444 e. The number of hydrogen-bond donors (Lipinski definition) is 0. The van der Waals surface area contributed by atoms with Crippen LogP contribution >= 0.6 is 11.3 Å². The van der Waals surface area contributed by atoms with E-state index in [1.54, 1.807) is 11.3 Å². The number of carbonyl (C=O) groups is 2. The van der Waals surface area contributed by atoms with Gasteiger partial charge >= 0.3 is 12.3 Å². The van der Waals surface area contributed by atoms with Crippen LogP contribution in [0, 0.1) is 6.92 Å². The molecule has 3 heterocycles. The molecule has 0 saturated carbocycles. The minimum absolute atomic E-state index is 0.180. The standard InChI is InChI=1S/C25H35N3O2S.C7H7F3N2O/c1-25(2,3)30-24(29)28-14-12-19(13-15-28)23-26-20(17-31-23)16-27(4)22-11-7-9-18-8-5-6-10-21(18)22;1-4-3-6(7(8,9)10)11-12(4)5(2)13/h5-6,8,10,17,19,22H,7,9,11-16H2,1-4H3;3H,1-2H3/t22-;/m1./s1. The number of alkyl halides is 3.